The van der Waals surface area contributed by atoms with Crippen LogP contribution in [0.3, 0.4) is 0 Å². The number of carbonyl (C=O) groups is 4. The Balaban J connectivity index is 1.42. The molecule has 9 rings (SSSR count). The van der Waals surface area contributed by atoms with E-state index in [0.29, 0.717) is 66.1 Å². The second-order valence-corrected chi connectivity index (χ2v) is 14.1. The lowest BCUT2D eigenvalue weighted by Gasteiger charge is -2.25. The molecule has 8 heteroatoms. The highest BCUT2D eigenvalue weighted by Gasteiger charge is 2.35. The molecule has 0 amide bonds. The first-order valence-corrected chi connectivity index (χ1v) is 16.4. The van der Waals surface area contributed by atoms with Gasteiger partial charge in [0.25, 0.3) is 0 Å². The molecular formula is C43H28O8. The molecule has 0 aromatic heterocycles. The first-order chi connectivity index (χ1) is 24.4. The first-order valence-electron chi connectivity index (χ1n) is 16.4. The maximum absolute atomic E-state index is 13.4. The Morgan fingerprint density at radius 1 is 0.529 bits per heavy atom. The van der Waals surface area contributed by atoms with Crippen LogP contribution in [0.4, 0.5) is 0 Å². The number of allylic oxidation sites excluding steroid dienone is 1. The Bertz CT molecular complexity index is 2750. The van der Waals surface area contributed by atoms with Crippen LogP contribution in [0.5, 0.6) is 23.0 Å². The van der Waals surface area contributed by atoms with Crippen LogP contribution in [0, 0.1) is 0 Å². The number of hydrogen-bond donors (Lipinski definition) is 0. The average molecular weight is 673 g/mol. The van der Waals surface area contributed by atoms with Crippen molar-refractivity contribution in [2.45, 2.75) is 33.1 Å². The molecule has 0 saturated heterocycles. The third-order valence-corrected chi connectivity index (χ3v) is 9.81. The van der Waals surface area contributed by atoms with Crippen molar-refractivity contribution in [3.05, 3.63) is 125 Å². The van der Waals surface area contributed by atoms with Gasteiger partial charge in [0.1, 0.15) is 23.0 Å². The van der Waals surface area contributed by atoms with Crippen LogP contribution in [-0.2, 0) is 14.9 Å². The SMILES string of the molecule is C=C(C)c1ccc(Oc2cc3c4c(ccc5c6c(Oc7ccc(C(C)(C)C)cc7)cc7c8c(ccc(c2c45)c86)C(=O)OC7=O)C(=O)OC3=O)cc1. The summed E-state index contributed by atoms with van der Waals surface area (Å²) in [6, 6.07) is 25.1. The van der Waals surface area contributed by atoms with Gasteiger partial charge in [-0.05, 0) is 82.8 Å². The molecule has 0 atom stereocenters. The van der Waals surface area contributed by atoms with E-state index in [1.54, 1.807) is 36.4 Å². The lowest BCUT2D eigenvalue weighted by Crippen LogP contribution is -2.21. The van der Waals surface area contributed by atoms with Crippen LogP contribution in [0.2, 0.25) is 0 Å². The minimum atomic E-state index is -0.793. The van der Waals surface area contributed by atoms with Crippen molar-refractivity contribution in [3.8, 4) is 23.0 Å². The topological polar surface area (TPSA) is 105 Å². The molecule has 0 aliphatic carbocycles. The summed E-state index contributed by atoms with van der Waals surface area (Å²) in [5.74, 6) is -1.42. The van der Waals surface area contributed by atoms with Crippen LogP contribution in [0.1, 0.15) is 80.3 Å². The minimum absolute atomic E-state index is 0.0794. The molecule has 2 heterocycles. The van der Waals surface area contributed by atoms with E-state index < -0.39 is 23.9 Å². The summed E-state index contributed by atoms with van der Waals surface area (Å²) >= 11 is 0. The molecule has 7 aromatic rings. The molecule has 2 aliphatic heterocycles. The third kappa shape index (κ3) is 4.46. The van der Waals surface area contributed by atoms with Gasteiger partial charge in [-0.15, -0.1) is 0 Å². The number of rotatable bonds is 5. The summed E-state index contributed by atoms with van der Waals surface area (Å²) in [7, 11) is 0. The van der Waals surface area contributed by atoms with E-state index in [-0.39, 0.29) is 27.7 Å². The van der Waals surface area contributed by atoms with Crippen molar-refractivity contribution < 1.29 is 38.1 Å². The van der Waals surface area contributed by atoms with E-state index in [0.717, 1.165) is 16.7 Å². The Morgan fingerprint density at radius 3 is 1.35 bits per heavy atom. The molecule has 51 heavy (non-hydrogen) atoms. The third-order valence-electron chi connectivity index (χ3n) is 9.81. The zero-order valence-corrected chi connectivity index (χ0v) is 28.1. The largest absolute Gasteiger partial charge is 0.457 e. The van der Waals surface area contributed by atoms with Gasteiger partial charge in [0.2, 0.25) is 0 Å². The van der Waals surface area contributed by atoms with Crippen molar-refractivity contribution in [1.82, 2.24) is 0 Å². The van der Waals surface area contributed by atoms with E-state index in [2.05, 4.69) is 27.4 Å². The summed E-state index contributed by atoms with van der Waals surface area (Å²) in [5.41, 5.74) is 3.69. The number of hydrogen-bond acceptors (Lipinski definition) is 8. The molecule has 0 N–H and O–H groups in total. The quantitative estimate of drug-likeness (QED) is 0.0770. The van der Waals surface area contributed by atoms with Crippen LogP contribution in [0.25, 0.3) is 48.7 Å². The highest BCUT2D eigenvalue weighted by atomic mass is 16.6. The van der Waals surface area contributed by atoms with E-state index in [1.807, 2.05) is 55.5 Å². The second-order valence-electron chi connectivity index (χ2n) is 14.1. The fourth-order valence-electron chi connectivity index (χ4n) is 7.33. The van der Waals surface area contributed by atoms with Crippen LogP contribution < -0.4 is 9.47 Å². The van der Waals surface area contributed by atoms with E-state index in [4.69, 9.17) is 18.9 Å². The Morgan fingerprint density at radius 2 is 0.941 bits per heavy atom. The first kappa shape index (κ1) is 30.5. The van der Waals surface area contributed by atoms with Crippen LogP contribution in [-0.4, -0.2) is 23.9 Å². The highest BCUT2D eigenvalue weighted by molar-refractivity contribution is 6.41. The molecule has 8 nitrogen and oxygen atoms in total. The lowest BCUT2D eigenvalue weighted by atomic mass is 9.82. The molecule has 0 saturated carbocycles. The number of benzene rings is 7. The lowest BCUT2D eigenvalue weighted by molar-refractivity contribution is 0.0373. The summed E-state index contributed by atoms with van der Waals surface area (Å²) < 4.78 is 23.5. The molecule has 0 spiro atoms. The molecule has 0 radical (unpaired) electrons. The average Bonchev–Trinajstić information content (AvgIpc) is 3.09. The van der Waals surface area contributed by atoms with Crippen molar-refractivity contribution >= 4 is 72.5 Å². The molecule has 7 aromatic carbocycles. The summed E-state index contributed by atoms with van der Waals surface area (Å²) in [4.78, 5) is 53.0. The standard InChI is InChI=1S/C43H28O8/c1-20(2)21-6-10-23(11-7-21)48-31-18-29-33-27(39(44)50-41(29)46)17-15-26-36-32(49-24-12-8-22(9-13-24)43(3,4)5)19-30-34-28(40(45)51-42(30)47)16-14-25(38(34)36)35(31)37(26)33/h6-19H,1H2,2-5H3. The number of ether oxygens (including phenoxy) is 4. The number of fused-ring (bicyclic) bond motifs is 2. The zero-order chi connectivity index (χ0) is 35.5. The van der Waals surface area contributed by atoms with Crippen molar-refractivity contribution in [2.24, 2.45) is 0 Å². The van der Waals surface area contributed by atoms with Gasteiger partial charge in [0.05, 0.1) is 22.3 Å². The van der Waals surface area contributed by atoms with Gasteiger partial charge < -0.3 is 18.9 Å². The maximum Gasteiger partial charge on any atom is 0.346 e. The smallest absolute Gasteiger partial charge is 0.346 e. The molecule has 0 bridgehead atoms. The molecular weight excluding hydrogens is 644 g/mol. The van der Waals surface area contributed by atoms with Gasteiger partial charge in [-0.1, -0.05) is 69.3 Å². The summed E-state index contributed by atoms with van der Waals surface area (Å²) in [5, 5.41) is 4.43. The predicted molar refractivity (Wildman–Crippen MR) is 194 cm³/mol. The fraction of sp³-hybridized carbons (Fsp3) is 0.116. The van der Waals surface area contributed by atoms with E-state index in [9.17, 15) is 19.2 Å². The Hall–Kier alpha value is -6.54. The van der Waals surface area contributed by atoms with E-state index in [1.165, 1.54) is 0 Å². The molecule has 2 aliphatic rings. The van der Waals surface area contributed by atoms with Gasteiger partial charge in [0, 0.05) is 32.3 Å². The predicted octanol–water partition coefficient (Wildman–Crippen LogP) is 10.3. The van der Waals surface area contributed by atoms with Crippen LogP contribution >= 0.6 is 0 Å². The van der Waals surface area contributed by atoms with E-state index >= 15 is 0 Å². The normalized spacial score (nSPS) is 14.0. The van der Waals surface area contributed by atoms with Gasteiger partial charge in [-0.2, -0.15) is 0 Å². The van der Waals surface area contributed by atoms with Gasteiger partial charge in [-0.25, -0.2) is 19.2 Å². The maximum atomic E-state index is 13.4. The highest BCUT2D eigenvalue weighted by Crippen LogP contribution is 2.52. The van der Waals surface area contributed by atoms with Gasteiger partial charge in [0.15, 0.2) is 0 Å². The zero-order valence-electron chi connectivity index (χ0n) is 28.1. The monoisotopic (exact) mass is 672 g/mol. The molecule has 0 fully saturated rings. The molecule has 248 valence electrons. The van der Waals surface area contributed by atoms with Gasteiger partial charge >= 0.3 is 23.9 Å². The minimum Gasteiger partial charge on any atom is -0.457 e. The summed E-state index contributed by atoms with van der Waals surface area (Å²) in [6.07, 6.45) is 0. The Kier molecular flexibility index (Phi) is 6.27. The molecule has 0 unspecified atom stereocenters. The van der Waals surface area contributed by atoms with Crippen molar-refractivity contribution in [3.63, 3.8) is 0 Å². The van der Waals surface area contributed by atoms with Crippen LogP contribution in [0.15, 0.2) is 91.5 Å². The number of esters is 4. The number of carbonyl (C=O) groups excluding carboxylic acids is 4. The second kappa shape index (κ2) is 10.5. The Labute approximate surface area is 291 Å². The van der Waals surface area contributed by atoms with Gasteiger partial charge in [-0.3, -0.25) is 0 Å². The van der Waals surface area contributed by atoms with Crippen molar-refractivity contribution in [1.29, 1.82) is 0 Å². The summed E-state index contributed by atoms with van der Waals surface area (Å²) in [6.45, 7) is 12.3. The number of cyclic esters (lactones) is 4. The fourth-order valence-corrected chi connectivity index (χ4v) is 7.33. The van der Waals surface area contributed by atoms with Crippen molar-refractivity contribution in [2.75, 3.05) is 0 Å².